The SMILES string of the molecule is CCCN(CC(=O)N1CCN(c2ccc(-c3ccccc3)nn2)CC1)C(=O)c1ccccc1. The molecule has 2 amide bonds. The molecule has 2 heterocycles. The summed E-state index contributed by atoms with van der Waals surface area (Å²) in [6, 6.07) is 23.1. The first kappa shape index (κ1) is 22.5. The number of carbonyl (C=O) groups excluding carboxylic acids is 2. The van der Waals surface area contributed by atoms with Gasteiger partial charge >= 0.3 is 0 Å². The first-order valence-corrected chi connectivity index (χ1v) is 11.4. The number of carbonyl (C=O) groups is 2. The minimum Gasteiger partial charge on any atom is -0.352 e. The third-order valence-corrected chi connectivity index (χ3v) is 5.80. The molecule has 4 rings (SSSR count). The molecule has 2 aromatic carbocycles. The largest absolute Gasteiger partial charge is 0.352 e. The maximum atomic E-state index is 12.9. The van der Waals surface area contributed by atoms with Crippen LogP contribution in [0, 0.1) is 0 Å². The first-order valence-electron chi connectivity index (χ1n) is 11.4. The van der Waals surface area contributed by atoms with Crippen molar-refractivity contribution in [3.05, 3.63) is 78.4 Å². The molecular formula is C26H29N5O2. The number of nitrogens with zero attached hydrogens (tertiary/aromatic N) is 5. The Balaban J connectivity index is 1.33. The zero-order valence-corrected chi connectivity index (χ0v) is 18.9. The lowest BCUT2D eigenvalue weighted by atomic mass is 10.1. The Morgan fingerprint density at radius 2 is 1.52 bits per heavy atom. The molecule has 1 fully saturated rings. The maximum Gasteiger partial charge on any atom is 0.254 e. The van der Waals surface area contributed by atoms with Crippen molar-refractivity contribution in [1.82, 2.24) is 20.0 Å². The Bertz CT molecular complexity index is 1050. The van der Waals surface area contributed by atoms with Crippen molar-refractivity contribution >= 4 is 17.6 Å². The Hall–Kier alpha value is -3.74. The van der Waals surface area contributed by atoms with Gasteiger partial charge in [0.2, 0.25) is 5.91 Å². The Kier molecular flexibility index (Phi) is 7.29. The number of hydrogen-bond acceptors (Lipinski definition) is 5. The van der Waals surface area contributed by atoms with Gasteiger partial charge in [0.25, 0.3) is 5.91 Å². The fraction of sp³-hybridized carbons (Fsp3) is 0.308. The van der Waals surface area contributed by atoms with Crippen LogP contribution in [0.1, 0.15) is 23.7 Å². The Morgan fingerprint density at radius 3 is 2.12 bits per heavy atom. The van der Waals surface area contributed by atoms with Gasteiger partial charge in [-0.2, -0.15) is 0 Å². The molecule has 0 unspecified atom stereocenters. The molecule has 3 aromatic rings. The predicted molar refractivity (Wildman–Crippen MR) is 129 cm³/mol. The van der Waals surface area contributed by atoms with Crippen molar-refractivity contribution in [3.8, 4) is 11.3 Å². The summed E-state index contributed by atoms with van der Waals surface area (Å²) < 4.78 is 0. The van der Waals surface area contributed by atoms with E-state index in [0.29, 0.717) is 38.3 Å². The van der Waals surface area contributed by atoms with Crippen molar-refractivity contribution in [1.29, 1.82) is 0 Å². The second kappa shape index (κ2) is 10.7. The van der Waals surface area contributed by atoms with Gasteiger partial charge in [0.15, 0.2) is 5.82 Å². The molecular weight excluding hydrogens is 414 g/mol. The first-order chi connectivity index (χ1) is 16.2. The summed E-state index contributed by atoms with van der Waals surface area (Å²) in [5, 5.41) is 8.77. The van der Waals surface area contributed by atoms with E-state index in [2.05, 4.69) is 15.1 Å². The van der Waals surface area contributed by atoms with Gasteiger partial charge in [-0.15, -0.1) is 10.2 Å². The average molecular weight is 444 g/mol. The van der Waals surface area contributed by atoms with Gasteiger partial charge in [-0.1, -0.05) is 55.5 Å². The molecule has 170 valence electrons. The molecule has 0 atom stereocenters. The van der Waals surface area contributed by atoms with Crippen molar-refractivity contribution in [3.63, 3.8) is 0 Å². The second-order valence-corrected chi connectivity index (χ2v) is 8.10. The summed E-state index contributed by atoms with van der Waals surface area (Å²) in [6.45, 7) is 5.24. The molecule has 1 saturated heterocycles. The average Bonchev–Trinajstić information content (AvgIpc) is 2.89. The summed E-state index contributed by atoms with van der Waals surface area (Å²) >= 11 is 0. The van der Waals surface area contributed by atoms with Crippen LogP contribution in [-0.4, -0.2) is 71.1 Å². The van der Waals surface area contributed by atoms with Crippen LogP contribution in [0.4, 0.5) is 5.82 Å². The monoisotopic (exact) mass is 443 g/mol. The highest BCUT2D eigenvalue weighted by molar-refractivity contribution is 5.96. The van der Waals surface area contributed by atoms with E-state index in [-0.39, 0.29) is 18.4 Å². The summed E-state index contributed by atoms with van der Waals surface area (Å²) in [7, 11) is 0. The third-order valence-electron chi connectivity index (χ3n) is 5.80. The molecule has 0 spiro atoms. The highest BCUT2D eigenvalue weighted by Gasteiger charge is 2.25. The maximum absolute atomic E-state index is 12.9. The lowest BCUT2D eigenvalue weighted by Gasteiger charge is -2.36. The smallest absolute Gasteiger partial charge is 0.254 e. The molecule has 0 bridgehead atoms. The van der Waals surface area contributed by atoms with E-state index in [1.54, 1.807) is 17.0 Å². The summed E-state index contributed by atoms with van der Waals surface area (Å²) in [4.78, 5) is 31.4. The van der Waals surface area contributed by atoms with Gasteiger partial charge in [-0.05, 0) is 30.7 Å². The van der Waals surface area contributed by atoms with Gasteiger partial charge < -0.3 is 14.7 Å². The lowest BCUT2D eigenvalue weighted by molar-refractivity contribution is -0.132. The van der Waals surface area contributed by atoms with Crippen LogP contribution < -0.4 is 4.90 Å². The summed E-state index contributed by atoms with van der Waals surface area (Å²) in [6.07, 6.45) is 0.803. The van der Waals surface area contributed by atoms with Crippen molar-refractivity contribution in [2.45, 2.75) is 13.3 Å². The van der Waals surface area contributed by atoms with E-state index >= 15 is 0 Å². The van der Waals surface area contributed by atoms with Gasteiger partial charge in [0.05, 0.1) is 5.69 Å². The molecule has 1 aliphatic rings. The van der Waals surface area contributed by atoms with Gasteiger partial charge in [-0.25, -0.2) is 0 Å². The zero-order chi connectivity index (χ0) is 23.0. The van der Waals surface area contributed by atoms with Crippen LogP contribution in [0.25, 0.3) is 11.3 Å². The zero-order valence-electron chi connectivity index (χ0n) is 18.9. The number of benzene rings is 2. The number of anilines is 1. The normalized spacial score (nSPS) is 13.6. The molecule has 0 aliphatic carbocycles. The summed E-state index contributed by atoms with van der Waals surface area (Å²) in [5.74, 6) is 0.699. The fourth-order valence-electron chi connectivity index (χ4n) is 3.99. The topological polar surface area (TPSA) is 69.6 Å². The van der Waals surface area contributed by atoms with E-state index in [0.717, 1.165) is 23.5 Å². The van der Waals surface area contributed by atoms with Crippen LogP contribution in [0.2, 0.25) is 0 Å². The fourth-order valence-corrected chi connectivity index (χ4v) is 3.99. The molecule has 7 nitrogen and oxygen atoms in total. The molecule has 33 heavy (non-hydrogen) atoms. The van der Waals surface area contributed by atoms with Crippen molar-refractivity contribution < 1.29 is 9.59 Å². The minimum absolute atomic E-state index is 0.0158. The molecule has 0 N–H and O–H groups in total. The van der Waals surface area contributed by atoms with Crippen LogP contribution >= 0.6 is 0 Å². The van der Waals surface area contributed by atoms with Crippen LogP contribution in [0.3, 0.4) is 0 Å². The highest BCUT2D eigenvalue weighted by Crippen LogP contribution is 2.19. The summed E-state index contributed by atoms with van der Waals surface area (Å²) in [5.41, 5.74) is 2.49. The van der Waals surface area contributed by atoms with E-state index in [9.17, 15) is 9.59 Å². The molecule has 1 aliphatic heterocycles. The van der Waals surface area contributed by atoms with Crippen molar-refractivity contribution in [2.24, 2.45) is 0 Å². The van der Waals surface area contributed by atoms with Crippen LogP contribution in [0.15, 0.2) is 72.8 Å². The number of hydrogen-bond donors (Lipinski definition) is 0. The third kappa shape index (κ3) is 5.55. The van der Waals surface area contributed by atoms with Gasteiger partial charge in [-0.3, -0.25) is 9.59 Å². The number of aromatic nitrogens is 2. The van der Waals surface area contributed by atoms with Crippen molar-refractivity contribution in [2.75, 3.05) is 44.2 Å². The van der Waals surface area contributed by atoms with E-state index in [1.807, 2.05) is 72.5 Å². The predicted octanol–water partition coefficient (Wildman–Crippen LogP) is 3.34. The highest BCUT2D eigenvalue weighted by atomic mass is 16.2. The molecule has 7 heteroatoms. The van der Waals surface area contributed by atoms with E-state index in [1.165, 1.54) is 0 Å². The second-order valence-electron chi connectivity index (χ2n) is 8.10. The van der Waals surface area contributed by atoms with Gasteiger partial charge in [0.1, 0.15) is 6.54 Å². The van der Waals surface area contributed by atoms with Gasteiger partial charge in [0, 0.05) is 43.9 Å². The van der Waals surface area contributed by atoms with E-state index in [4.69, 9.17) is 0 Å². The standard InChI is InChI=1S/C26H29N5O2/c1-2-15-31(26(33)22-11-7-4-8-12-22)20-25(32)30-18-16-29(17-19-30)24-14-13-23(27-28-24)21-9-5-3-6-10-21/h3-14H,2,15-20H2,1H3. The molecule has 1 aromatic heterocycles. The lowest BCUT2D eigenvalue weighted by Crippen LogP contribution is -2.52. The quantitative estimate of drug-likeness (QED) is 0.560. The Morgan fingerprint density at radius 1 is 0.848 bits per heavy atom. The van der Waals surface area contributed by atoms with Crippen LogP contribution in [-0.2, 0) is 4.79 Å². The Labute approximate surface area is 194 Å². The number of amides is 2. The molecule has 0 saturated carbocycles. The minimum atomic E-state index is -0.0989. The number of rotatable bonds is 7. The van der Waals surface area contributed by atoms with Crippen LogP contribution in [0.5, 0.6) is 0 Å². The molecule has 0 radical (unpaired) electrons. The number of piperazine rings is 1. The van der Waals surface area contributed by atoms with E-state index < -0.39 is 0 Å².